The molecular formula is C18H25N3O3. The lowest BCUT2D eigenvalue weighted by atomic mass is 9.82. The van der Waals surface area contributed by atoms with E-state index in [9.17, 15) is 9.90 Å². The molecular weight excluding hydrogens is 306 g/mol. The van der Waals surface area contributed by atoms with E-state index in [1.54, 1.807) is 18.5 Å². The van der Waals surface area contributed by atoms with Crippen molar-refractivity contribution in [3.8, 4) is 0 Å². The van der Waals surface area contributed by atoms with E-state index in [-0.39, 0.29) is 6.61 Å². The molecule has 0 aliphatic carbocycles. The summed E-state index contributed by atoms with van der Waals surface area (Å²) in [6.07, 6.45) is 1.23. The van der Waals surface area contributed by atoms with Gasteiger partial charge in [0.15, 0.2) is 0 Å². The van der Waals surface area contributed by atoms with Gasteiger partial charge in [-0.25, -0.2) is 0 Å². The highest BCUT2D eigenvalue weighted by Crippen LogP contribution is 2.38. The first-order valence-corrected chi connectivity index (χ1v) is 8.06. The fraction of sp³-hybridized carbons (Fsp3) is 0.500. The Morgan fingerprint density at radius 2 is 2.04 bits per heavy atom. The smallest absolute Gasteiger partial charge is 0.312 e. The van der Waals surface area contributed by atoms with Gasteiger partial charge in [0, 0.05) is 6.54 Å². The van der Waals surface area contributed by atoms with Crippen LogP contribution in [0.15, 0.2) is 24.4 Å². The van der Waals surface area contributed by atoms with Crippen molar-refractivity contribution >= 4 is 5.97 Å². The molecule has 2 aromatic rings. The van der Waals surface area contributed by atoms with Gasteiger partial charge in [0.05, 0.1) is 24.3 Å². The molecule has 0 aliphatic heterocycles. The maximum absolute atomic E-state index is 11.7. The number of benzene rings is 1. The van der Waals surface area contributed by atoms with Crippen LogP contribution in [0.5, 0.6) is 0 Å². The fourth-order valence-corrected chi connectivity index (χ4v) is 2.49. The van der Waals surface area contributed by atoms with Crippen LogP contribution in [0.1, 0.15) is 49.3 Å². The van der Waals surface area contributed by atoms with Crippen LogP contribution in [0.2, 0.25) is 0 Å². The van der Waals surface area contributed by atoms with Crippen LogP contribution in [0.3, 0.4) is 0 Å². The summed E-state index contributed by atoms with van der Waals surface area (Å²) in [5.74, 6) is -0.900. The number of aryl methyl sites for hydroxylation is 3. The van der Waals surface area contributed by atoms with Crippen molar-refractivity contribution < 1.29 is 14.6 Å². The normalized spacial score (nSPS) is 13.0. The van der Waals surface area contributed by atoms with Crippen LogP contribution >= 0.6 is 0 Å². The van der Waals surface area contributed by atoms with Crippen molar-refractivity contribution in [2.75, 3.05) is 0 Å². The molecule has 6 heteroatoms. The number of hydrogen-bond donors (Lipinski definition) is 1. The van der Waals surface area contributed by atoms with Gasteiger partial charge in [-0.15, -0.1) is 5.10 Å². The number of hydrogen-bond acceptors (Lipinski definition) is 4. The van der Waals surface area contributed by atoms with E-state index in [4.69, 9.17) is 4.74 Å². The number of nitrogens with zero attached hydrogens (tertiary/aromatic N) is 3. The highest BCUT2D eigenvalue weighted by molar-refractivity contribution is 5.74. The van der Waals surface area contributed by atoms with Gasteiger partial charge in [0.25, 0.3) is 0 Å². The number of rotatable bonds is 7. The number of carboxylic acid groups (broad SMARTS) is 1. The lowest BCUT2D eigenvalue weighted by Gasteiger charge is -2.31. The van der Waals surface area contributed by atoms with Crippen molar-refractivity contribution in [1.29, 1.82) is 0 Å². The van der Waals surface area contributed by atoms with E-state index in [0.717, 1.165) is 23.2 Å². The van der Waals surface area contributed by atoms with Crippen molar-refractivity contribution in [1.82, 2.24) is 15.0 Å². The minimum atomic E-state index is -1.07. The van der Waals surface area contributed by atoms with Crippen molar-refractivity contribution in [2.24, 2.45) is 5.41 Å². The third kappa shape index (κ3) is 3.82. The van der Waals surface area contributed by atoms with Crippen LogP contribution in [0, 0.1) is 19.3 Å². The summed E-state index contributed by atoms with van der Waals surface area (Å²) in [5.41, 5.74) is 2.75. The summed E-state index contributed by atoms with van der Waals surface area (Å²) < 4.78 is 7.71. The highest BCUT2D eigenvalue weighted by Gasteiger charge is 2.39. The summed E-state index contributed by atoms with van der Waals surface area (Å²) in [5, 5.41) is 17.7. The van der Waals surface area contributed by atoms with Crippen molar-refractivity contribution in [3.05, 3.63) is 46.8 Å². The molecule has 0 saturated carbocycles. The zero-order chi connectivity index (χ0) is 17.9. The van der Waals surface area contributed by atoms with Gasteiger partial charge in [0.1, 0.15) is 5.69 Å². The third-order valence-electron chi connectivity index (χ3n) is 4.35. The molecule has 1 aromatic heterocycles. The Hall–Kier alpha value is -2.21. The molecule has 0 fully saturated rings. The summed E-state index contributed by atoms with van der Waals surface area (Å²) in [7, 11) is 0. The van der Waals surface area contributed by atoms with E-state index in [0.29, 0.717) is 5.69 Å². The van der Waals surface area contributed by atoms with E-state index in [1.807, 2.05) is 45.2 Å². The molecule has 24 heavy (non-hydrogen) atoms. The van der Waals surface area contributed by atoms with Gasteiger partial charge < -0.3 is 9.84 Å². The molecule has 0 saturated heterocycles. The molecule has 1 heterocycles. The molecule has 1 atom stereocenters. The SMILES string of the molecule is CCn1cc(COC(c2ccc(C)c(C)c2)C(C)(C)C(=O)O)nn1. The maximum atomic E-state index is 11.7. The number of aromatic nitrogens is 3. The number of carboxylic acids is 1. The largest absolute Gasteiger partial charge is 0.481 e. The minimum Gasteiger partial charge on any atom is -0.481 e. The zero-order valence-corrected chi connectivity index (χ0v) is 14.9. The Kier molecular flexibility index (Phi) is 5.39. The first-order chi connectivity index (χ1) is 11.3. The Bertz CT molecular complexity index is 722. The lowest BCUT2D eigenvalue weighted by molar-refractivity contribution is -0.158. The first kappa shape index (κ1) is 18.1. The molecule has 0 radical (unpaired) electrons. The van der Waals surface area contributed by atoms with Crippen molar-refractivity contribution in [2.45, 2.75) is 53.9 Å². The van der Waals surface area contributed by atoms with Crippen molar-refractivity contribution in [3.63, 3.8) is 0 Å². The van der Waals surface area contributed by atoms with Gasteiger partial charge in [0.2, 0.25) is 0 Å². The summed E-state index contributed by atoms with van der Waals surface area (Å²) in [6, 6.07) is 5.92. The van der Waals surface area contributed by atoms with Crippen LogP contribution in [-0.2, 0) is 22.7 Å². The predicted octanol–water partition coefficient (Wildman–Crippen LogP) is 3.28. The molecule has 0 bridgehead atoms. The highest BCUT2D eigenvalue weighted by atomic mass is 16.5. The second kappa shape index (κ2) is 7.13. The second-order valence-electron chi connectivity index (χ2n) is 6.63. The summed E-state index contributed by atoms with van der Waals surface area (Å²) in [4.78, 5) is 11.7. The Morgan fingerprint density at radius 1 is 1.33 bits per heavy atom. The van der Waals surface area contributed by atoms with E-state index < -0.39 is 17.5 Å². The number of carbonyl (C=O) groups is 1. The van der Waals surface area contributed by atoms with E-state index in [1.165, 1.54) is 0 Å². The predicted molar refractivity (Wildman–Crippen MR) is 90.6 cm³/mol. The van der Waals surface area contributed by atoms with Gasteiger partial charge in [-0.1, -0.05) is 23.4 Å². The van der Waals surface area contributed by atoms with Gasteiger partial charge in [-0.05, 0) is 51.3 Å². The standard InChI is InChI=1S/C18H25N3O3/c1-6-21-10-15(19-20-21)11-24-16(18(4,5)17(22)23)14-8-7-12(2)13(3)9-14/h7-10,16H,6,11H2,1-5H3,(H,22,23). The van der Waals surface area contributed by atoms with E-state index >= 15 is 0 Å². The molecule has 0 amide bonds. The molecule has 2 rings (SSSR count). The molecule has 1 unspecified atom stereocenters. The van der Waals surface area contributed by atoms with Crippen LogP contribution in [-0.4, -0.2) is 26.1 Å². The van der Waals surface area contributed by atoms with Gasteiger partial charge >= 0.3 is 5.97 Å². The molecule has 6 nitrogen and oxygen atoms in total. The molecule has 1 aromatic carbocycles. The monoisotopic (exact) mass is 331 g/mol. The van der Waals surface area contributed by atoms with Crippen LogP contribution in [0.4, 0.5) is 0 Å². The third-order valence-corrected chi connectivity index (χ3v) is 4.35. The fourth-order valence-electron chi connectivity index (χ4n) is 2.49. The average Bonchev–Trinajstić information content (AvgIpc) is 2.98. The molecule has 0 aliphatic rings. The quantitative estimate of drug-likeness (QED) is 0.842. The Morgan fingerprint density at radius 3 is 2.58 bits per heavy atom. The second-order valence-corrected chi connectivity index (χ2v) is 6.63. The molecule has 130 valence electrons. The van der Waals surface area contributed by atoms with Crippen LogP contribution < -0.4 is 0 Å². The summed E-state index contributed by atoms with van der Waals surface area (Å²) in [6.45, 7) is 10.3. The topological polar surface area (TPSA) is 77.2 Å². The Labute approximate surface area is 142 Å². The maximum Gasteiger partial charge on any atom is 0.312 e. The zero-order valence-electron chi connectivity index (χ0n) is 14.9. The van der Waals surface area contributed by atoms with Crippen LogP contribution in [0.25, 0.3) is 0 Å². The molecule has 0 spiro atoms. The number of aliphatic carboxylic acids is 1. The van der Waals surface area contributed by atoms with E-state index in [2.05, 4.69) is 10.3 Å². The minimum absolute atomic E-state index is 0.217. The lowest BCUT2D eigenvalue weighted by Crippen LogP contribution is -2.33. The Balaban J connectivity index is 2.28. The van der Waals surface area contributed by atoms with Gasteiger partial charge in [-0.2, -0.15) is 0 Å². The summed E-state index contributed by atoms with van der Waals surface area (Å²) >= 11 is 0. The molecule has 1 N–H and O–H groups in total. The number of ether oxygens (including phenoxy) is 1. The average molecular weight is 331 g/mol. The first-order valence-electron chi connectivity index (χ1n) is 8.06. The van der Waals surface area contributed by atoms with Gasteiger partial charge in [-0.3, -0.25) is 9.48 Å².